The van der Waals surface area contributed by atoms with Crippen LogP contribution in [0.25, 0.3) is 0 Å². The summed E-state index contributed by atoms with van der Waals surface area (Å²) in [7, 11) is 0. The van der Waals surface area contributed by atoms with Crippen LogP contribution in [0.5, 0.6) is 0 Å². The average molecular weight is 262 g/mol. The molecular weight excluding hydrogens is 240 g/mol. The third-order valence-corrected chi connectivity index (χ3v) is 3.28. The van der Waals surface area contributed by atoms with Gasteiger partial charge < -0.3 is 15.4 Å². The summed E-state index contributed by atoms with van der Waals surface area (Å²) >= 11 is 0. The van der Waals surface area contributed by atoms with Crippen LogP contribution in [-0.2, 0) is 4.74 Å². The maximum Gasteiger partial charge on any atom is 0.340 e. The predicted octanol–water partition coefficient (Wildman–Crippen LogP) is 2.82. The summed E-state index contributed by atoms with van der Waals surface area (Å²) in [6.45, 7) is 5.69. The minimum Gasteiger partial charge on any atom is -0.459 e. The van der Waals surface area contributed by atoms with Crippen molar-refractivity contribution in [2.24, 2.45) is 0 Å². The van der Waals surface area contributed by atoms with E-state index >= 15 is 0 Å². The molecule has 19 heavy (non-hydrogen) atoms. The second kappa shape index (κ2) is 5.95. The van der Waals surface area contributed by atoms with Crippen LogP contribution in [0.1, 0.15) is 43.5 Å². The van der Waals surface area contributed by atoms with Crippen LogP contribution >= 0.6 is 0 Å². The number of nitrogens with two attached hydrogens (primary N) is 1. The topological polar surface area (TPSA) is 55.6 Å². The van der Waals surface area contributed by atoms with Gasteiger partial charge >= 0.3 is 5.97 Å². The minimum absolute atomic E-state index is 0.122. The number of hydrogen-bond donors (Lipinski definition) is 1. The van der Waals surface area contributed by atoms with E-state index in [4.69, 9.17) is 10.5 Å². The van der Waals surface area contributed by atoms with Gasteiger partial charge in [0.1, 0.15) is 0 Å². The summed E-state index contributed by atoms with van der Waals surface area (Å²) in [6, 6.07) is 5.49. The van der Waals surface area contributed by atoms with Crippen LogP contribution in [0.15, 0.2) is 18.2 Å². The first kappa shape index (κ1) is 13.7. The van der Waals surface area contributed by atoms with Crippen molar-refractivity contribution >= 4 is 17.3 Å². The zero-order chi connectivity index (χ0) is 13.8. The molecule has 0 radical (unpaired) electrons. The van der Waals surface area contributed by atoms with Crippen LogP contribution < -0.4 is 10.6 Å². The van der Waals surface area contributed by atoms with Crippen molar-refractivity contribution in [3.05, 3.63) is 23.8 Å². The lowest BCUT2D eigenvalue weighted by molar-refractivity contribution is 0.0378. The highest BCUT2D eigenvalue weighted by Crippen LogP contribution is 2.27. The second-order valence-electron chi connectivity index (χ2n) is 5.28. The molecule has 0 unspecified atom stereocenters. The van der Waals surface area contributed by atoms with E-state index in [2.05, 4.69) is 4.90 Å². The largest absolute Gasteiger partial charge is 0.459 e. The van der Waals surface area contributed by atoms with E-state index in [0.717, 1.165) is 18.8 Å². The molecule has 1 aliphatic heterocycles. The molecule has 0 atom stereocenters. The Morgan fingerprint density at radius 3 is 2.58 bits per heavy atom. The standard InChI is InChI=1S/C15H22N2O2/c1-11(2)19-15(18)13-10-12(16)6-7-14(13)17-8-4-3-5-9-17/h6-7,10-11H,3-5,8-9,16H2,1-2H3. The Hall–Kier alpha value is -1.71. The number of carbonyl (C=O) groups excluding carboxylic acids is 1. The van der Waals surface area contributed by atoms with E-state index in [0.29, 0.717) is 11.3 Å². The van der Waals surface area contributed by atoms with Crippen LogP contribution in [0.4, 0.5) is 11.4 Å². The molecule has 1 aromatic carbocycles. The third kappa shape index (κ3) is 3.40. The first-order chi connectivity index (χ1) is 9.08. The molecule has 2 rings (SSSR count). The molecule has 0 aromatic heterocycles. The zero-order valence-electron chi connectivity index (χ0n) is 11.7. The highest BCUT2D eigenvalue weighted by Gasteiger charge is 2.20. The van der Waals surface area contributed by atoms with E-state index in [1.54, 1.807) is 6.07 Å². The van der Waals surface area contributed by atoms with Crippen molar-refractivity contribution in [3.63, 3.8) is 0 Å². The average Bonchev–Trinajstić information content (AvgIpc) is 2.39. The van der Waals surface area contributed by atoms with Gasteiger partial charge in [0.25, 0.3) is 0 Å². The van der Waals surface area contributed by atoms with Gasteiger partial charge in [-0.3, -0.25) is 0 Å². The Morgan fingerprint density at radius 1 is 1.26 bits per heavy atom. The minimum atomic E-state index is -0.289. The highest BCUT2D eigenvalue weighted by molar-refractivity contribution is 5.97. The maximum atomic E-state index is 12.2. The van der Waals surface area contributed by atoms with Crippen LogP contribution in [-0.4, -0.2) is 25.2 Å². The van der Waals surface area contributed by atoms with Gasteiger partial charge in [-0.1, -0.05) is 0 Å². The fourth-order valence-electron chi connectivity index (χ4n) is 2.41. The summed E-state index contributed by atoms with van der Waals surface area (Å²) in [5, 5.41) is 0. The lowest BCUT2D eigenvalue weighted by atomic mass is 10.1. The zero-order valence-corrected chi connectivity index (χ0v) is 11.7. The Kier molecular flexibility index (Phi) is 4.30. The molecule has 1 fully saturated rings. The lowest BCUT2D eigenvalue weighted by Crippen LogP contribution is -2.31. The normalized spacial score (nSPS) is 15.6. The number of nitrogens with zero attached hydrogens (tertiary/aromatic N) is 1. The van der Waals surface area contributed by atoms with E-state index in [-0.39, 0.29) is 12.1 Å². The van der Waals surface area contributed by atoms with Gasteiger partial charge in [0, 0.05) is 18.8 Å². The lowest BCUT2D eigenvalue weighted by Gasteiger charge is -2.30. The molecule has 0 spiro atoms. The Balaban J connectivity index is 2.29. The molecule has 1 aliphatic rings. The van der Waals surface area contributed by atoms with Crippen LogP contribution in [0, 0.1) is 0 Å². The van der Waals surface area contributed by atoms with E-state index in [1.165, 1.54) is 19.3 Å². The Labute approximate surface area is 114 Å². The number of carbonyl (C=O) groups is 1. The first-order valence-electron chi connectivity index (χ1n) is 6.93. The number of hydrogen-bond acceptors (Lipinski definition) is 4. The fourth-order valence-corrected chi connectivity index (χ4v) is 2.41. The van der Waals surface area contributed by atoms with Crippen molar-refractivity contribution in [1.82, 2.24) is 0 Å². The van der Waals surface area contributed by atoms with Crippen LogP contribution in [0.3, 0.4) is 0 Å². The number of benzene rings is 1. The number of anilines is 2. The van der Waals surface area contributed by atoms with Crippen LogP contribution in [0.2, 0.25) is 0 Å². The van der Waals surface area contributed by atoms with Gasteiger partial charge in [-0.25, -0.2) is 4.79 Å². The second-order valence-corrected chi connectivity index (χ2v) is 5.28. The van der Waals surface area contributed by atoms with Gasteiger partial charge in [-0.2, -0.15) is 0 Å². The monoisotopic (exact) mass is 262 g/mol. The fraction of sp³-hybridized carbons (Fsp3) is 0.533. The molecule has 0 aliphatic carbocycles. The summed E-state index contributed by atoms with van der Waals surface area (Å²) in [6.07, 6.45) is 3.48. The molecule has 2 N–H and O–H groups in total. The summed E-state index contributed by atoms with van der Waals surface area (Å²) in [5.41, 5.74) is 7.92. The molecule has 1 heterocycles. The Bertz CT molecular complexity index is 451. The molecule has 1 aromatic rings. The van der Waals surface area contributed by atoms with Crippen molar-refractivity contribution in [1.29, 1.82) is 0 Å². The SMILES string of the molecule is CC(C)OC(=O)c1cc(N)ccc1N1CCCCC1. The van der Waals surface area contributed by atoms with Gasteiger partial charge in [-0.15, -0.1) is 0 Å². The Morgan fingerprint density at radius 2 is 1.95 bits per heavy atom. The molecule has 0 bridgehead atoms. The molecule has 104 valence electrons. The molecule has 0 saturated carbocycles. The summed E-state index contributed by atoms with van der Waals surface area (Å²) in [5.74, 6) is -0.289. The molecule has 1 saturated heterocycles. The quantitative estimate of drug-likeness (QED) is 0.672. The molecule has 4 nitrogen and oxygen atoms in total. The van der Waals surface area contributed by atoms with Crippen molar-refractivity contribution in [2.75, 3.05) is 23.7 Å². The van der Waals surface area contributed by atoms with Gasteiger partial charge in [-0.05, 0) is 51.3 Å². The number of nitrogen functional groups attached to an aromatic ring is 1. The van der Waals surface area contributed by atoms with Crippen molar-refractivity contribution < 1.29 is 9.53 Å². The maximum absolute atomic E-state index is 12.2. The van der Waals surface area contributed by atoms with Crippen molar-refractivity contribution in [3.8, 4) is 0 Å². The van der Waals surface area contributed by atoms with E-state index in [1.807, 2.05) is 26.0 Å². The van der Waals surface area contributed by atoms with Gasteiger partial charge in [0.2, 0.25) is 0 Å². The molecule has 4 heteroatoms. The van der Waals surface area contributed by atoms with Gasteiger partial charge in [0.15, 0.2) is 0 Å². The van der Waals surface area contributed by atoms with E-state index < -0.39 is 0 Å². The highest BCUT2D eigenvalue weighted by atomic mass is 16.5. The molecular formula is C15H22N2O2. The first-order valence-corrected chi connectivity index (χ1v) is 6.93. The number of ether oxygens (including phenoxy) is 1. The smallest absolute Gasteiger partial charge is 0.340 e. The summed E-state index contributed by atoms with van der Waals surface area (Å²) < 4.78 is 5.30. The van der Waals surface area contributed by atoms with E-state index in [9.17, 15) is 4.79 Å². The predicted molar refractivity (Wildman–Crippen MR) is 77.5 cm³/mol. The number of rotatable bonds is 3. The summed E-state index contributed by atoms with van der Waals surface area (Å²) in [4.78, 5) is 14.4. The third-order valence-electron chi connectivity index (χ3n) is 3.28. The number of esters is 1. The molecule has 0 amide bonds. The number of piperidine rings is 1. The van der Waals surface area contributed by atoms with Crippen molar-refractivity contribution in [2.45, 2.75) is 39.2 Å². The van der Waals surface area contributed by atoms with Gasteiger partial charge in [0.05, 0.1) is 17.4 Å².